The van der Waals surface area contributed by atoms with Gasteiger partial charge in [0.2, 0.25) is 0 Å². The second kappa shape index (κ2) is 6.23. The minimum absolute atomic E-state index is 0.0849. The normalized spacial score (nSPS) is 18.5. The van der Waals surface area contributed by atoms with Gasteiger partial charge in [-0.2, -0.15) is 0 Å². The third kappa shape index (κ3) is 5.52. The van der Waals surface area contributed by atoms with Gasteiger partial charge in [0.25, 0.3) is 0 Å². The van der Waals surface area contributed by atoms with E-state index < -0.39 is 21.7 Å². The van der Waals surface area contributed by atoms with E-state index in [0.29, 0.717) is 0 Å². The molecule has 0 aliphatic carbocycles. The Morgan fingerprint density at radius 1 is 1.00 bits per heavy atom. The summed E-state index contributed by atoms with van der Waals surface area (Å²) >= 11 is 11.3. The van der Waals surface area contributed by atoms with Crippen molar-refractivity contribution in [2.45, 2.75) is 23.6 Å². The molecule has 0 fully saturated rings. The lowest BCUT2D eigenvalue weighted by Crippen LogP contribution is -2.44. The number of carbonyl (C=O) groups is 2. The number of carboxylic acid groups (broad SMARTS) is 2. The first-order chi connectivity index (χ1) is 7.09. The summed E-state index contributed by atoms with van der Waals surface area (Å²) in [6.07, 6.45) is 0. The van der Waals surface area contributed by atoms with Gasteiger partial charge in [0.15, 0.2) is 0 Å². The maximum Gasteiger partial charge on any atom is 0.0909 e. The minimum atomic E-state index is -1.47. The van der Waals surface area contributed by atoms with Crippen LogP contribution in [-0.4, -0.2) is 33.2 Å². The lowest BCUT2D eigenvalue weighted by molar-refractivity contribution is -0.309. The second-order valence-electron chi connectivity index (χ2n) is 3.49. The summed E-state index contributed by atoms with van der Waals surface area (Å²) < 4.78 is 0. The second-order valence-corrected chi connectivity index (χ2v) is 7.63. The highest BCUT2D eigenvalue weighted by molar-refractivity contribution is 8.76. The maximum absolute atomic E-state index is 10.5. The number of hydrogen-bond acceptors (Lipinski definition) is 6. The number of halogens is 2. The van der Waals surface area contributed by atoms with Gasteiger partial charge in [-0.3, -0.25) is 0 Å². The fraction of sp³-hybridized carbons (Fsp3) is 0.750. The SMILES string of the molecule is C[C@@](Cl)(CSSC[C@@](C)(Cl)C(=O)[O-])C(=O)[O-]. The van der Waals surface area contributed by atoms with Crippen molar-refractivity contribution in [3.05, 3.63) is 0 Å². The van der Waals surface area contributed by atoms with Gasteiger partial charge in [0.05, 0.1) is 21.7 Å². The fourth-order valence-corrected chi connectivity index (χ4v) is 3.90. The lowest BCUT2D eigenvalue weighted by Gasteiger charge is -2.24. The average molecular weight is 305 g/mol. The van der Waals surface area contributed by atoms with Gasteiger partial charge in [0, 0.05) is 11.5 Å². The van der Waals surface area contributed by atoms with Gasteiger partial charge in [0.1, 0.15) is 0 Å². The highest BCUT2D eigenvalue weighted by Crippen LogP contribution is 2.33. The molecule has 0 aromatic heterocycles. The van der Waals surface area contributed by atoms with Crippen LogP contribution in [0, 0.1) is 0 Å². The Morgan fingerprint density at radius 2 is 1.25 bits per heavy atom. The van der Waals surface area contributed by atoms with E-state index in [0.717, 1.165) is 21.6 Å². The van der Waals surface area contributed by atoms with E-state index in [-0.39, 0.29) is 11.5 Å². The third-order valence-corrected chi connectivity index (χ3v) is 5.25. The molecule has 16 heavy (non-hydrogen) atoms. The number of aliphatic carboxylic acids is 2. The van der Waals surface area contributed by atoms with Gasteiger partial charge in [-0.25, -0.2) is 0 Å². The Balaban J connectivity index is 3.94. The van der Waals surface area contributed by atoms with Crippen molar-refractivity contribution < 1.29 is 19.8 Å². The highest BCUT2D eigenvalue weighted by atomic mass is 35.5. The molecule has 0 rings (SSSR count). The average Bonchev–Trinajstić information content (AvgIpc) is 2.12. The summed E-state index contributed by atoms with van der Waals surface area (Å²) in [6.45, 7) is 2.63. The predicted molar refractivity (Wildman–Crippen MR) is 63.4 cm³/mol. The number of hydrogen-bond donors (Lipinski definition) is 0. The number of alkyl halides is 2. The molecule has 0 saturated heterocycles. The van der Waals surface area contributed by atoms with Crippen molar-refractivity contribution in [2.75, 3.05) is 11.5 Å². The van der Waals surface area contributed by atoms with Crippen LogP contribution in [0.1, 0.15) is 13.8 Å². The third-order valence-electron chi connectivity index (χ3n) is 1.59. The van der Waals surface area contributed by atoms with Crippen LogP contribution in [0.3, 0.4) is 0 Å². The summed E-state index contributed by atoms with van der Waals surface area (Å²) in [5, 5.41) is 21.0. The molecule has 0 unspecified atom stereocenters. The maximum atomic E-state index is 10.5. The molecule has 94 valence electrons. The van der Waals surface area contributed by atoms with Gasteiger partial charge in [-0.15, -0.1) is 23.2 Å². The van der Waals surface area contributed by atoms with Crippen LogP contribution in [0.15, 0.2) is 0 Å². The van der Waals surface area contributed by atoms with Crippen LogP contribution in [0.2, 0.25) is 0 Å². The van der Waals surface area contributed by atoms with Crippen LogP contribution < -0.4 is 10.2 Å². The van der Waals surface area contributed by atoms with E-state index >= 15 is 0 Å². The molecular formula is C8H10Cl2O4S2-2. The summed E-state index contributed by atoms with van der Waals surface area (Å²) in [5.74, 6) is -2.56. The Kier molecular flexibility index (Phi) is 6.32. The van der Waals surface area contributed by atoms with Gasteiger partial charge < -0.3 is 19.8 Å². The molecule has 0 aliphatic rings. The zero-order valence-corrected chi connectivity index (χ0v) is 11.8. The lowest BCUT2D eigenvalue weighted by atomic mass is 10.2. The van der Waals surface area contributed by atoms with Crippen molar-refractivity contribution in [2.24, 2.45) is 0 Å². The number of carboxylic acids is 2. The largest absolute Gasteiger partial charge is 0.548 e. The van der Waals surface area contributed by atoms with Crippen molar-refractivity contribution in [1.82, 2.24) is 0 Å². The monoisotopic (exact) mass is 304 g/mol. The molecule has 2 atom stereocenters. The van der Waals surface area contributed by atoms with Gasteiger partial charge in [-0.05, 0) is 13.8 Å². The first kappa shape index (κ1) is 16.2. The quantitative estimate of drug-likeness (QED) is 0.370. The highest BCUT2D eigenvalue weighted by Gasteiger charge is 2.25. The predicted octanol–water partition coefficient (Wildman–Crippen LogP) is -0.137. The first-order valence-electron chi connectivity index (χ1n) is 4.15. The Labute approximate surface area is 111 Å². The number of rotatable bonds is 7. The van der Waals surface area contributed by atoms with E-state index in [4.69, 9.17) is 23.2 Å². The van der Waals surface area contributed by atoms with Gasteiger partial charge >= 0.3 is 0 Å². The van der Waals surface area contributed by atoms with Crippen molar-refractivity contribution >= 4 is 56.7 Å². The molecule has 8 heteroatoms. The topological polar surface area (TPSA) is 80.3 Å². The number of carbonyl (C=O) groups excluding carboxylic acids is 2. The van der Waals surface area contributed by atoms with E-state index in [1.165, 1.54) is 13.8 Å². The molecule has 0 amide bonds. The van der Waals surface area contributed by atoms with E-state index in [9.17, 15) is 19.8 Å². The molecule has 0 radical (unpaired) electrons. The molecule has 0 N–H and O–H groups in total. The van der Waals surface area contributed by atoms with Crippen LogP contribution in [0.4, 0.5) is 0 Å². The van der Waals surface area contributed by atoms with Crippen molar-refractivity contribution in [3.63, 3.8) is 0 Å². The summed E-state index contributed by atoms with van der Waals surface area (Å²) in [4.78, 5) is 18.1. The summed E-state index contributed by atoms with van der Waals surface area (Å²) in [7, 11) is 2.24. The van der Waals surface area contributed by atoms with Crippen molar-refractivity contribution in [1.29, 1.82) is 0 Å². The van der Waals surface area contributed by atoms with Crippen LogP contribution in [0.5, 0.6) is 0 Å². The summed E-state index contributed by atoms with van der Waals surface area (Å²) in [6, 6.07) is 0. The Morgan fingerprint density at radius 3 is 1.44 bits per heavy atom. The zero-order chi connectivity index (χ0) is 13.0. The molecule has 0 heterocycles. The molecule has 0 spiro atoms. The Hall–Kier alpha value is 0.220. The molecule has 0 aliphatic heterocycles. The minimum Gasteiger partial charge on any atom is -0.548 e. The fourth-order valence-electron chi connectivity index (χ4n) is 0.423. The molecule has 0 bridgehead atoms. The standard InChI is InChI=1S/C8H12Cl2O4S2/c1-7(9,5(11)12)3-15-16-4-8(2,10)6(13)14/h3-4H2,1-2H3,(H,11,12)(H,13,14)/p-2/t7-,8-/m1/s1. The first-order valence-corrected chi connectivity index (χ1v) is 7.39. The van der Waals surface area contributed by atoms with E-state index in [2.05, 4.69) is 0 Å². The van der Waals surface area contributed by atoms with E-state index in [1.54, 1.807) is 0 Å². The molecular weight excluding hydrogens is 295 g/mol. The van der Waals surface area contributed by atoms with E-state index in [1.807, 2.05) is 0 Å². The van der Waals surface area contributed by atoms with Crippen LogP contribution in [-0.2, 0) is 9.59 Å². The molecule has 4 nitrogen and oxygen atoms in total. The van der Waals surface area contributed by atoms with Crippen LogP contribution >= 0.6 is 44.8 Å². The Bertz CT molecular complexity index is 253. The smallest absolute Gasteiger partial charge is 0.0909 e. The van der Waals surface area contributed by atoms with Crippen molar-refractivity contribution in [3.8, 4) is 0 Å². The molecule has 0 aromatic rings. The summed E-state index contributed by atoms with van der Waals surface area (Å²) in [5.41, 5.74) is 0. The van der Waals surface area contributed by atoms with Gasteiger partial charge in [-0.1, -0.05) is 21.6 Å². The molecule has 0 aromatic carbocycles. The molecule has 0 saturated carbocycles. The zero-order valence-electron chi connectivity index (χ0n) is 8.62. The van der Waals surface area contributed by atoms with Crippen LogP contribution in [0.25, 0.3) is 0 Å².